The van der Waals surface area contributed by atoms with Gasteiger partial charge in [-0.05, 0) is 18.7 Å². The molecule has 3 N–H and O–H groups in total. The predicted octanol–water partition coefficient (Wildman–Crippen LogP) is 0.441. The van der Waals surface area contributed by atoms with Crippen molar-refractivity contribution in [2.75, 3.05) is 32.1 Å². The number of nitrogens with zero attached hydrogens (tertiary/aromatic N) is 1. The lowest BCUT2D eigenvalue weighted by atomic mass is 10.3. The molecule has 0 aromatic heterocycles. The van der Waals surface area contributed by atoms with Crippen molar-refractivity contribution in [3.05, 3.63) is 24.3 Å². The van der Waals surface area contributed by atoms with Gasteiger partial charge in [-0.3, -0.25) is 14.5 Å². The van der Waals surface area contributed by atoms with Crippen molar-refractivity contribution in [1.82, 2.24) is 4.90 Å². The summed E-state index contributed by atoms with van der Waals surface area (Å²) in [5.41, 5.74) is 5.76. The van der Waals surface area contributed by atoms with Gasteiger partial charge in [0, 0.05) is 11.8 Å². The minimum Gasteiger partial charge on any atom is -0.497 e. The number of carbonyl (C=O) groups excluding carboxylic acids is 2. The standard InChI is InChI=1S/C13H19N3O3/c1-3-16(8-12(14)17)9-13(18)15-10-5-4-6-11(7-10)19-2/h4-7H,3,8-9H2,1-2H3,(H2,14,17)(H,15,18). The first kappa shape index (κ1) is 15.0. The number of hydrogen-bond donors (Lipinski definition) is 2. The van der Waals surface area contributed by atoms with E-state index in [1.807, 2.05) is 6.92 Å². The van der Waals surface area contributed by atoms with Gasteiger partial charge in [-0.25, -0.2) is 0 Å². The van der Waals surface area contributed by atoms with E-state index >= 15 is 0 Å². The maximum absolute atomic E-state index is 11.8. The second-order valence-electron chi connectivity index (χ2n) is 4.05. The zero-order valence-corrected chi connectivity index (χ0v) is 11.2. The maximum Gasteiger partial charge on any atom is 0.238 e. The molecule has 0 bridgehead atoms. The molecule has 0 aliphatic carbocycles. The zero-order chi connectivity index (χ0) is 14.3. The van der Waals surface area contributed by atoms with Crippen molar-refractivity contribution in [2.24, 2.45) is 5.73 Å². The van der Waals surface area contributed by atoms with Crippen LogP contribution < -0.4 is 15.8 Å². The highest BCUT2D eigenvalue weighted by atomic mass is 16.5. The highest BCUT2D eigenvalue weighted by Gasteiger charge is 2.11. The van der Waals surface area contributed by atoms with Crippen LogP contribution in [0.25, 0.3) is 0 Å². The largest absolute Gasteiger partial charge is 0.497 e. The summed E-state index contributed by atoms with van der Waals surface area (Å²) in [6.07, 6.45) is 0. The van der Waals surface area contributed by atoms with Crippen LogP contribution in [-0.4, -0.2) is 43.5 Å². The van der Waals surface area contributed by atoms with Crippen LogP contribution in [0.1, 0.15) is 6.92 Å². The molecular weight excluding hydrogens is 246 g/mol. The summed E-state index contributed by atoms with van der Waals surface area (Å²) in [7, 11) is 1.56. The molecule has 0 saturated heterocycles. The third kappa shape index (κ3) is 5.39. The lowest BCUT2D eigenvalue weighted by Crippen LogP contribution is -2.39. The molecule has 0 aliphatic rings. The summed E-state index contributed by atoms with van der Waals surface area (Å²) >= 11 is 0. The van der Waals surface area contributed by atoms with Gasteiger partial charge in [0.1, 0.15) is 5.75 Å². The smallest absolute Gasteiger partial charge is 0.238 e. The molecule has 0 aliphatic heterocycles. The van der Waals surface area contributed by atoms with Gasteiger partial charge >= 0.3 is 0 Å². The third-order valence-corrected chi connectivity index (χ3v) is 2.55. The van der Waals surface area contributed by atoms with Crippen molar-refractivity contribution >= 4 is 17.5 Å². The number of likely N-dealkylation sites (N-methyl/N-ethyl adjacent to an activating group) is 1. The Kier molecular flexibility index (Phi) is 5.81. The Balaban J connectivity index is 2.56. The number of rotatable bonds is 7. The normalized spacial score (nSPS) is 10.3. The second kappa shape index (κ2) is 7.38. The van der Waals surface area contributed by atoms with Gasteiger partial charge in [0.15, 0.2) is 0 Å². The third-order valence-electron chi connectivity index (χ3n) is 2.55. The van der Waals surface area contributed by atoms with Gasteiger partial charge in [-0.15, -0.1) is 0 Å². The van der Waals surface area contributed by atoms with E-state index in [-0.39, 0.29) is 19.0 Å². The van der Waals surface area contributed by atoms with E-state index in [0.29, 0.717) is 18.0 Å². The molecule has 0 unspecified atom stereocenters. The first-order valence-corrected chi connectivity index (χ1v) is 5.99. The van der Waals surface area contributed by atoms with Crippen molar-refractivity contribution in [2.45, 2.75) is 6.92 Å². The van der Waals surface area contributed by atoms with Gasteiger partial charge in [0.05, 0.1) is 20.2 Å². The molecule has 0 radical (unpaired) electrons. The van der Waals surface area contributed by atoms with Gasteiger partial charge < -0.3 is 15.8 Å². The molecule has 0 spiro atoms. The number of nitrogens with two attached hydrogens (primary N) is 1. The predicted molar refractivity (Wildman–Crippen MR) is 72.9 cm³/mol. The Hall–Kier alpha value is -2.08. The summed E-state index contributed by atoms with van der Waals surface area (Å²) in [5.74, 6) is 0.0228. The maximum atomic E-state index is 11.8. The summed E-state index contributed by atoms with van der Waals surface area (Å²) in [5, 5.41) is 2.74. The fourth-order valence-electron chi connectivity index (χ4n) is 1.60. The number of anilines is 1. The minimum absolute atomic E-state index is 0.0715. The Morgan fingerprint density at radius 3 is 2.68 bits per heavy atom. The van der Waals surface area contributed by atoms with E-state index in [4.69, 9.17) is 10.5 Å². The molecule has 19 heavy (non-hydrogen) atoms. The van der Waals surface area contributed by atoms with Gasteiger partial charge in [0.25, 0.3) is 0 Å². The SMILES string of the molecule is CCN(CC(N)=O)CC(=O)Nc1cccc(OC)c1. The molecule has 1 rings (SSSR count). The number of benzene rings is 1. The van der Waals surface area contributed by atoms with Gasteiger partial charge in [-0.2, -0.15) is 0 Å². The molecule has 104 valence electrons. The first-order chi connectivity index (χ1) is 9.05. The summed E-state index contributed by atoms with van der Waals surface area (Å²) in [6.45, 7) is 2.63. The van der Waals surface area contributed by atoms with Crippen LogP contribution in [0.2, 0.25) is 0 Å². The van der Waals surface area contributed by atoms with E-state index in [1.165, 1.54) is 0 Å². The fraction of sp³-hybridized carbons (Fsp3) is 0.385. The van der Waals surface area contributed by atoms with Gasteiger partial charge in [-0.1, -0.05) is 13.0 Å². The van der Waals surface area contributed by atoms with Crippen molar-refractivity contribution in [3.63, 3.8) is 0 Å². The number of primary amides is 1. The molecule has 6 heteroatoms. The molecular formula is C13H19N3O3. The summed E-state index contributed by atoms with van der Waals surface area (Å²) < 4.78 is 5.07. The number of amides is 2. The summed E-state index contributed by atoms with van der Waals surface area (Å²) in [4.78, 5) is 24.3. The van der Waals surface area contributed by atoms with Crippen LogP contribution in [0.3, 0.4) is 0 Å². The Bertz CT molecular complexity index is 449. The van der Waals surface area contributed by atoms with Crippen LogP contribution in [0.4, 0.5) is 5.69 Å². The van der Waals surface area contributed by atoms with Gasteiger partial charge in [0.2, 0.25) is 11.8 Å². The molecule has 1 aromatic rings. The number of methoxy groups -OCH3 is 1. The average Bonchev–Trinajstić information content (AvgIpc) is 2.37. The van der Waals surface area contributed by atoms with E-state index in [9.17, 15) is 9.59 Å². The van der Waals surface area contributed by atoms with Crippen molar-refractivity contribution in [1.29, 1.82) is 0 Å². The monoisotopic (exact) mass is 265 g/mol. The van der Waals surface area contributed by atoms with Crippen molar-refractivity contribution < 1.29 is 14.3 Å². The van der Waals surface area contributed by atoms with Crippen LogP contribution in [0.5, 0.6) is 5.75 Å². The van der Waals surface area contributed by atoms with Crippen molar-refractivity contribution in [3.8, 4) is 5.75 Å². The number of carbonyl (C=O) groups is 2. The Morgan fingerprint density at radius 1 is 1.37 bits per heavy atom. The Morgan fingerprint density at radius 2 is 2.11 bits per heavy atom. The van der Waals surface area contributed by atoms with E-state index in [2.05, 4.69) is 5.32 Å². The molecule has 0 heterocycles. The number of nitrogens with one attached hydrogen (secondary N) is 1. The van der Waals surface area contributed by atoms with Crippen LogP contribution in [0.15, 0.2) is 24.3 Å². The topological polar surface area (TPSA) is 84.7 Å². The molecule has 2 amide bonds. The Labute approximate surface area is 112 Å². The molecule has 0 atom stereocenters. The molecule has 0 saturated carbocycles. The fourth-order valence-corrected chi connectivity index (χ4v) is 1.60. The number of ether oxygens (including phenoxy) is 1. The zero-order valence-electron chi connectivity index (χ0n) is 11.2. The molecule has 6 nitrogen and oxygen atoms in total. The molecule has 0 fully saturated rings. The van der Waals surface area contributed by atoms with E-state index in [1.54, 1.807) is 36.3 Å². The van der Waals surface area contributed by atoms with Crippen LogP contribution in [-0.2, 0) is 9.59 Å². The van der Waals surface area contributed by atoms with E-state index in [0.717, 1.165) is 0 Å². The lowest BCUT2D eigenvalue weighted by molar-refractivity contribution is -0.121. The first-order valence-electron chi connectivity index (χ1n) is 5.99. The quantitative estimate of drug-likeness (QED) is 0.749. The second-order valence-corrected chi connectivity index (χ2v) is 4.05. The van der Waals surface area contributed by atoms with Crippen LogP contribution >= 0.6 is 0 Å². The average molecular weight is 265 g/mol. The molecule has 1 aromatic carbocycles. The highest BCUT2D eigenvalue weighted by molar-refractivity contribution is 5.92. The lowest BCUT2D eigenvalue weighted by Gasteiger charge is -2.17. The number of hydrogen-bond acceptors (Lipinski definition) is 4. The summed E-state index contributed by atoms with van der Waals surface area (Å²) in [6, 6.07) is 7.07. The van der Waals surface area contributed by atoms with Crippen LogP contribution in [0, 0.1) is 0 Å². The van der Waals surface area contributed by atoms with E-state index < -0.39 is 5.91 Å². The highest BCUT2D eigenvalue weighted by Crippen LogP contribution is 2.16. The minimum atomic E-state index is -0.448.